The summed E-state index contributed by atoms with van der Waals surface area (Å²) in [7, 11) is 0. The van der Waals surface area contributed by atoms with E-state index in [-0.39, 0.29) is 16.8 Å². The van der Waals surface area contributed by atoms with Gasteiger partial charge in [0.1, 0.15) is 0 Å². The molecule has 0 saturated carbocycles. The maximum absolute atomic E-state index is 11.6. The molecular formula is C41H35N7O2. The summed E-state index contributed by atoms with van der Waals surface area (Å²) in [5.74, 6) is 0. The van der Waals surface area contributed by atoms with Crippen LogP contribution in [0.2, 0.25) is 0 Å². The Morgan fingerprint density at radius 1 is 0.560 bits per heavy atom. The maximum atomic E-state index is 11.6. The van der Waals surface area contributed by atoms with Crippen LogP contribution in [-0.4, -0.2) is 47.4 Å². The lowest BCUT2D eigenvalue weighted by atomic mass is 10.1. The Balaban J connectivity index is 1.18. The summed E-state index contributed by atoms with van der Waals surface area (Å²) >= 11 is 0. The topological polar surface area (TPSA) is 85.3 Å². The third kappa shape index (κ3) is 6.35. The Morgan fingerprint density at radius 3 is 1.36 bits per heavy atom. The van der Waals surface area contributed by atoms with Gasteiger partial charge in [0.15, 0.2) is 0 Å². The number of para-hydroxylation sites is 2. The molecule has 246 valence electrons. The van der Waals surface area contributed by atoms with Crippen molar-refractivity contribution in [2.45, 2.75) is 19.3 Å². The van der Waals surface area contributed by atoms with E-state index in [1.54, 1.807) is 12.1 Å². The number of hydrogen-bond donors (Lipinski definition) is 0. The van der Waals surface area contributed by atoms with Crippen molar-refractivity contribution in [1.82, 2.24) is 29.4 Å². The zero-order valence-electron chi connectivity index (χ0n) is 27.4. The number of benzene rings is 5. The van der Waals surface area contributed by atoms with Crippen LogP contribution in [0.15, 0.2) is 158 Å². The molecule has 0 N–H and O–H groups in total. The minimum atomic E-state index is -0.345. The van der Waals surface area contributed by atoms with Crippen LogP contribution in [0, 0.1) is 10.1 Å². The fourth-order valence-electron chi connectivity index (χ4n) is 6.85. The van der Waals surface area contributed by atoms with Crippen molar-refractivity contribution < 1.29 is 4.92 Å². The highest BCUT2D eigenvalue weighted by Crippen LogP contribution is 2.37. The summed E-state index contributed by atoms with van der Waals surface area (Å²) in [6, 6.07) is 47.9. The first-order valence-corrected chi connectivity index (χ1v) is 16.7. The second-order valence-corrected chi connectivity index (χ2v) is 12.5. The number of nitro groups is 1. The lowest BCUT2D eigenvalue weighted by Crippen LogP contribution is -2.30. The standard InChI is InChI=1S/C41H35N7O2/c49-48(50)38-23-21-33(22-24-38)41-44(27-34-29-46(36-17-9-3-10-18-36)42-39(34)31-13-5-1-6-14-31)25-26-45(41)28-35-30-47(37-19-11-4-12-20-37)43-40(35)32-15-7-2-8-16-32/h1-24,29-30,41H,25-28H2. The Morgan fingerprint density at radius 2 is 0.960 bits per heavy atom. The second kappa shape index (κ2) is 13.8. The summed E-state index contributed by atoms with van der Waals surface area (Å²) in [4.78, 5) is 16.1. The van der Waals surface area contributed by atoms with Crippen LogP contribution in [0.25, 0.3) is 33.9 Å². The lowest BCUT2D eigenvalue weighted by Gasteiger charge is -2.31. The average molecular weight is 658 g/mol. The van der Waals surface area contributed by atoms with Gasteiger partial charge in [-0.3, -0.25) is 19.9 Å². The average Bonchev–Trinajstić information content (AvgIpc) is 3.91. The monoisotopic (exact) mass is 657 g/mol. The molecule has 0 aliphatic carbocycles. The Kier molecular flexibility index (Phi) is 8.56. The Labute approximate surface area is 290 Å². The highest BCUT2D eigenvalue weighted by Gasteiger charge is 2.35. The molecular weight excluding hydrogens is 622 g/mol. The number of nitro benzene ring substituents is 1. The van der Waals surface area contributed by atoms with Crippen molar-refractivity contribution in [3.05, 3.63) is 185 Å². The normalized spacial score (nSPS) is 13.9. The molecule has 8 rings (SSSR count). The van der Waals surface area contributed by atoms with Crippen molar-refractivity contribution in [1.29, 1.82) is 0 Å². The number of hydrogen-bond acceptors (Lipinski definition) is 6. The highest BCUT2D eigenvalue weighted by atomic mass is 16.6. The predicted molar refractivity (Wildman–Crippen MR) is 195 cm³/mol. The van der Waals surface area contributed by atoms with E-state index in [9.17, 15) is 10.1 Å². The van der Waals surface area contributed by atoms with Gasteiger partial charge >= 0.3 is 0 Å². The van der Waals surface area contributed by atoms with Crippen LogP contribution in [0.1, 0.15) is 22.9 Å². The first-order valence-electron chi connectivity index (χ1n) is 16.7. The molecule has 2 aromatic heterocycles. The van der Waals surface area contributed by atoms with Gasteiger partial charge in [-0.15, -0.1) is 0 Å². The first kappa shape index (κ1) is 31.1. The van der Waals surface area contributed by atoms with Gasteiger partial charge in [-0.25, -0.2) is 9.36 Å². The number of aromatic nitrogens is 4. The molecule has 1 aliphatic rings. The van der Waals surface area contributed by atoms with E-state index in [1.807, 2.05) is 94.3 Å². The smallest absolute Gasteiger partial charge is 0.269 e. The zero-order valence-corrected chi connectivity index (χ0v) is 27.4. The SMILES string of the molecule is O=[N+]([O-])c1ccc(C2N(Cc3cn(-c4ccccc4)nc3-c3ccccc3)CCN2Cc2cn(-c3ccccc3)nc2-c2ccccc2)cc1. The van der Waals surface area contributed by atoms with Gasteiger partial charge in [-0.1, -0.05) is 97.1 Å². The second-order valence-electron chi connectivity index (χ2n) is 12.5. The number of rotatable bonds is 10. The van der Waals surface area contributed by atoms with E-state index in [2.05, 4.69) is 70.7 Å². The van der Waals surface area contributed by atoms with Gasteiger partial charge in [-0.05, 0) is 42.0 Å². The minimum absolute atomic E-state index is 0.0795. The molecule has 1 fully saturated rings. The highest BCUT2D eigenvalue weighted by molar-refractivity contribution is 5.64. The molecule has 50 heavy (non-hydrogen) atoms. The van der Waals surface area contributed by atoms with Crippen molar-refractivity contribution in [3.63, 3.8) is 0 Å². The molecule has 1 aliphatic heterocycles. The molecule has 7 aromatic rings. The van der Waals surface area contributed by atoms with E-state index in [4.69, 9.17) is 10.2 Å². The molecule has 0 bridgehead atoms. The molecule has 0 atom stereocenters. The summed E-state index contributed by atoms with van der Waals surface area (Å²) in [5.41, 5.74) is 9.27. The van der Waals surface area contributed by atoms with Gasteiger partial charge in [0.25, 0.3) is 5.69 Å². The van der Waals surface area contributed by atoms with Crippen LogP contribution >= 0.6 is 0 Å². The van der Waals surface area contributed by atoms with Crippen molar-refractivity contribution >= 4 is 5.69 Å². The molecule has 0 unspecified atom stereocenters. The summed E-state index contributed by atoms with van der Waals surface area (Å²) in [6.45, 7) is 2.90. The van der Waals surface area contributed by atoms with Crippen molar-refractivity contribution in [2.75, 3.05) is 13.1 Å². The van der Waals surface area contributed by atoms with Crippen LogP contribution in [0.4, 0.5) is 5.69 Å². The van der Waals surface area contributed by atoms with Crippen LogP contribution in [0.3, 0.4) is 0 Å². The third-order valence-electron chi connectivity index (χ3n) is 9.23. The minimum Gasteiger partial charge on any atom is -0.278 e. The molecule has 1 saturated heterocycles. The fraction of sp³-hybridized carbons (Fsp3) is 0.122. The Bertz CT molecular complexity index is 2070. The molecule has 0 radical (unpaired) electrons. The Hall–Kier alpha value is -6.16. The van der Waals surface area contributed by atoms with Gasteiger partial charge in [0.2, 0.25) is 0 Å². The number of nitrogens with zero attached hydrogens (tertiary/aromatic N) is 7. The van der Waals surface area contributed by atoms with E-state index in [1.165, 1.54) is 0 Å². The van der Waals surface area contributed by atoms with Crippen molar-refractivity contribution in [3.8, 4) is 33.9 Å². The quantitative estimate of drug-likeness (QED) is 0.109. The molecule has 0 amide bonds. The van der Waals surface area contributed by atoms with Gasteiger partial charge in [0, 0.05) is 73.0 Å². The number of non-ortho nitro benzene ring substituents is 1. The van der Waals surface area contributed by atoms with Crippen LogP contribution < -0.4 is 0 Å². The van der Waals surface area contributed by atoms with E-state index in [0.29, 0.717) is 13.1 Å². The molecule has 9 nitrogen and oxygen atoms in total. The summed E-state index contributed by atoms with van der Waals surface area (Å²) in [6.07, 6.45) is 4.12. The third-order valence-corrected chi connectivity index (χ3v) is 9.23. The van der Waals surface area contributed by atoms with Gasteiger partial charge < -0.3 is 0 Å². The first-order chi connectivity index (χ1) is 24.6. The zero-order chi connectivity index (χ0) is 33.9. The van der Waals surface area contributed by atoms with E-state index >= 15 is 0 Å². The van der Waals surface area contributed by atoms with E-state index < -0.39 is 0 Å². The molecule has 9 heteroatoms. The van der Waals surface area contributed by atoms with Crippen molar-refractivity contribution in [2.24, 2.45) is 0 Å². The van der Waals surface area contributed by atoms with E-state index in [0.717, 1.165) is 63.7 Å². The van der Waals surface area contributed by atoms with Crippen LogP contribution in [0.5, 0.6) is 0 Å². The molecule has 3 heterocycles. The van der Waals surface area contributed by atoms with Gasteiger partial charge in [-0.2, -0.15) is 10.2 Å². The fourth-order valence-corrected chi connectivity index (χ4v) is 6.85. The predicted octanol–water partition coefficient (Wildman–Crippen LogP) is 8.32. The lowest BCUT2D eigenvalue weighted by molar-refractivity contribution is -0.384. The maximum Gasteiger partial charge on any atom is 0.269 e. The molecule has 5 aromatic carbocycles. The summed E-state index contributed by atoms with van der Waals surface area (Å²) in [5, 5.41) is 21.7. The van der Waals surface area contributed by atoms with Gasteiger partial charge in [0.05, 0.1) is 33.9 Å². The molecule has 0 spiro atoms. The summed E-state index contributed by atoms with van der Waals surface area (Å²) < 4.78 is 3.91. The van der Waals surface area contributed by atoms with Crippen LogP contribution in [-0.2, 0) is 13.1 Å². The largest absolute Gasteiger partial charge is 0.278 e.